The Labute approximate surface area is 108 Å². The van der Waals surface area contributed by atoms with Crippen molar-refractivity contribution in [3.05, 3.63) is 15.6 Å². The van der Waals surface area contributed by atoms with Crippen LogP contribution in [0.5, 0.6) is 0 Å². The Kier molecular flexibility index (Phi) is 3.48. The third-order valence-electron chi connectivity index (χ3n) is 4.31. The number of aryl methyl sites for hydroxylation is 2. The predicted octanol–water partition coefficient (Wildman–Crippen LogP) is 3.60. The molecule has 1 aromatic rings. The normalized spacial score (nSPS) is 23.4. The molecule has 2 N–H and O–H groups in total. The van der Waals surface area contributed by atoms with Crippen LogP contribution in [0.4, 0.5) is 0 Å². The van der Waals surface area contributed by atoms with Gasteiger partial charge in [0.1, 0.15) is 5.01 Å². The summed E-state index contributed by atoms with van der Waals surface area (Å²) in [5, 5.41) is 1.22. The van der Waals surface area contributed by atoms with Crippen molar-refractivity contribution in [1.29, 1.82) is 0 Å². The Hall–Kier alpha value is -0.410. The van der Waals surface area contributed by atoms with Gasteiger partial charge in [0, 0.05) is 4.88 Å². The second-order valence-electron chi connectivity index (χ2n) is 5.55. The highest BCUT2D eigenvalue weighted by molar-refractivity contribution is 7.11. The van der Waals surface area contributed by atoms with E-state index in [0.717, 1.165) is 0 Å². The highest BCUT2D eigenvalue weighted by Gasteiger charge is 2.26. The van der Waals surface area contributed by atoms with E-state index in [0.29, 0.717) is 5.92 Å². The van der Waals surface area contributed by atoms with Gasteiger partial charge >= 0.3 is 0 Å². The van der Waals surface area contributed by atoms with Crippen molar-refractivity contribution < 1.29 is 0 Å². The van der Waals surface area contributed by atoms with Gasteiger partial charge < -0.3 is 5.73 Å². The summed E-state index contributed by atoms with van der Waals surface area (Å²) in [6, 6.07) is 0.212. The van der Waals surface area contributed by atoms with E-state index < -0.39 is 0 Å². The highest BCUT2D eigenvalue weighted by Crippen LogP contribution is 2.36. The largest absolute Gasteiger partial charge is 0.322 e. The van der Waals surface area contributed by atoms with E-state index in [1.54, 1.807) is 0 Å². The molecule has 2 aliphatic rings. The van der Waals surface area contributed by atoms with E-state index in [4.69, 9.17) is 10.7 Å². The molecule has 1 saturated carbocycles. The maximum atomic E-state index is 6.45. The fourth-order valence-electron chi connectivity index (χ4n) is 3.22. The molecule has 0 amide bonds. The topological polar surface area (TPSA) is 38.9 Å². The molecular formula is C14H22N2S. The lowest BCUT2D eigenvalue weighted by atomic mass is 9.93. The third kappa shape index (κ3) is 2.41. The van der Waals surface area contributed by atoms with Gasteiger partial charge in [-0.1, -0.05) is 25.7 Å². The number of hydrogen-bond donors (Lipinski definition) is 1. The van der Waals surface area contributed by atoms with Crippen LogP contribution in [0.3, 0.4) is 0 Å². The summed E-state index contributed by atoms with van der Waals surface area (Å²) in [5.41, 5.74) is 7.80. The van der Waals surface area contributed by atoms with E-state index in [1.807, 2.05) is 11.3 Å². The van der Waals surface area contributed by atoms with Crippen LogP contribution in [0.25, 0.3) is 0 Å². The number of fused-ring (bicyclic) bond motifs is 1. The lowest BCUT2D eigenvalue weighted by Gasteiger charge is -2.20. The van der Waals surface area contributed by atoms with Crippen molar-refractivity contribution in [1.82, 2.24) is 4.98 Å². The summed E-state index contributed by atoms with van der Waals surface area (Å²) < 4.78 is 0. The SMILES string of the molecule is NC(c1nc2c(s1)CCC2)C1CCCCCC1. The first kappa shape index (κ1) is 11.7. The van der Waals surface area contributed by atoms with Crippen LogP contribution in [-0.2, 0) is 12.8 Å². The van der Waals surface area contributed by atoms with Gasteiger partial charge in [-0.3, -0.25) is 0 Å². The van der Waals surface area contributed by atoms with Crippen molar-refractivity contribution in [3.8, 4) is 0 Å². The first-order valence-corrected chi connectivity index (χ1v) is 7.90. The number of nitrogens with two attached hydrogens (primary N) is 1. The molecule has 1 aromatic heterocycles. The van der Waals surface area contributed by atoms with Crippen LogP contribution < -0.4 is 5.73 Å². The average Bonchev–Trinajstić information content (AvgIpc) is 2.80. The van der Waals surface area contributed by atoms with Crippen molar-refractivity contribution in [2.45, 2.75) is 63.8 Å². The fourth-order valence-corrected chi connectivity index (χ4v) is 4.47. The maximum absolute atomic E-state index is 6.45. The summed E-state index contributed by atoms with van der Waals surface area (Å²) in [6.45, 7) is 0. The van der Waals surface area contributed by atoms with Crippen LogP contribution in [0.2, 0.25) is 0 Å². The van der Waals surface area contributed by atoms with E-state index in [1.165, 1.54) is 73.4 Å². The summed E-state index contributed by atoms with van der Waals surface area (Å²) in [4.78, 5) is 6.31. The first-order chi connectivity index (χ1) is 8.34. The van der Waals surface area contributed by atoms with Gasteiger partial charge in [0.2, 0.25) is 0 Å². The van der Waals surface area contributed by atoms with Crippen LogP contribution >= 0.6 is 11.3 Å². The second kappa shape index (κ2) is 5.07. The molecule has 2 aliphatic carbocycles. The molecule has 0 aromatic carbocycles. The Morgan fingerprint density at radius 1 is 1.06 bits per heavy atom. The predicted molar refractivity (Wildman–Crippen MR) is 72.3 cm³/mol. The number of rotatable bonds is 2. The minimum Gasteiger partial charge on any atom is -0.322 e. The number of hydrogen-bond acceptors (Lipinski definition) is 3. The molecule has 17 heavy (non-hydrogen) atoms. The maximum Gasteiger partial charge on any atom is 0.110 e. The van der Waals surface area contributed by atoms with Gasteiger partial charge in [0.15, 0.2) is 0 Å². The number of thiazole rings is 1. The molecule has 0 radical (unpaired) electrons. The zero-order valence-corrected chi connectivity index (χ0v) is 11.3. The molecular weight excluding hydrogens is 228 g/mol. The molecule has 3 heteroatoms. The van der Waals surface area contributed by atoms with E-state index >= 15 is 0 Å². The summed E-state index contributed by atoms with van der Waals surface area (Å²) in [7, 11) is 0. The molecule has 1 heterocycles. The van der Waals surface area contributed by atoms with Gasteiger partial charge in [-0.05, 0) is 38.0 Å². The highest BCUT2D eigenvalue weighted by atomic mass is 32.1. The average molecular weight is 250 g/mol. The summed E-state index contributed by atoms with van der Waals surface area (Å²) in [6.07, 6.45) is 11.9. The molecule has 0 aliphatic heterocycles. The molecule has 0 saturated heterocycles. The first-order valence-electron chi connectivity index (χ1n) is 7.08. The Bertz CT molecular complexity index is 356. The molecule has 1 fully saturated rings. The molecule has 3 rings (SSSR count). The number of nitrogens with zero attached hydrogens (tertiary/aromatic N) is 1. The molecule has 94 valence electrons. The van der Waals surface area contributed by atoms with Crippen LogP contribution in [-0.4, -0.2) is 4.98 Å². The quantitative estimate of drug-likeness (QED) is 0.814. The lowest BCUT2D eigenvalue weighted by Crippen LogP contribution is -2.21. The van der Waals surface area contributed by atoms with Crippen LogP contribution in [0.1, 0.15) is 66.6 Å². The van der Waals surface area contributed by atoms with Crippen LogP contribution in [0.15, 0.2) is 0 Å². The van der Waals surface area contributed by atoms with Crippen molar-refractivity contribution in [3.63, 3.8) is 0 Å². The zero-order valence-electron chi connectivity index (χ0n) is 10.5. The van der Waals surface area contributed by atoms with Gasteiger partial charge in [-0.25, -0.2) is 4.98 Å². The lowest BCUT2D eigenvalue weighted by molar-refractivity contribution is 0.381. The second-order valence-corrected chi connectivity index (χ2v) is 6.67. The van der Waals surface area contributed by atoms with Gasteiger partial charge in [-0.15, -0.1) is 11.3 Å². The minimum atomic E-state index is 0.212. The monoisotopic (exact) mass is 250 g/mol. The third-order valence-corrected chi connectivity index (χ3v) is 5.56. The van der Waals surface area contributed by atoms with Crippen LogP contribution in [0, 0.1) is 5.92 Å². The van der Waals surface area contributed by atoms with E-state index in [-0.39, 0.29) is 6.04 Å². The van der Waals surface area contributed by atoms with Gasteiger partial charge in [0.05, 0.1) is 11.7 Å². The molecule has 0 spiro atoms. The Morgan fingerprint density at radius 2 is 1.82 bits per heavy atom. The Balaban J connectivity index is 1.73. The molecule has 1 unspecified atom stereocenters. The zero-order chi connectivity index (χ0) is 11.7. The molecule has 2 nitrogen and oxygen atoms in total. The smallest absolute Gasteiger partial charge is 0.110 e. The molecule has 0 bridgehead atoms. The van der Waals surface area contributed by atoms with Gasteiger partial charge in [0.25, 0.3) is 0 Å². The Morgan fingerprint density at radius 3 is 2.53 bits per heavy atom. The van der Waals surface area contributed by atoms with E-state index in [2.05, 4.69) is 0 Å². The number of aromatic nitrogens is 1. The fraction of sp³-hybridized carbons (Fsp3) is 0.786. The van der Waals surface area contributed by atoms with Gasteiger partial charge in [-0.2, -0.15) is 0 Å². The molecule has 1 atom stereocenters. The van der Waals surface area contributed by atoms with Crippen molar-refractivity contribution in [2.24, 2.45) is 11.7 Å². The summed E-state index contributed by atoms with van der Waals surface area (Å²) >= 11 is 1.89. The van der Waals surface area contributed by atoms with Crippen molar-refractivity contribution >= 4 is 11.3 Å². The standard InChI is InChI=1S/C14H22N2S/c15-13(10-6-3-1-2-4-7-10)14-16-11-8-5-9-12(11)17-14/h10,13H,1-9,15H2. The van der Waals surface area contributed by atoms with Crippen molar-refractivity contribution in [2.75, 3.05) is 0 Å². The van der Waals surface area contributed by atoms with E-state index in [9.17, 15) is 0 Å². The minimum absolute atomic E-state index is 0.212. The summed E-state index contributed by atoms with van der Waals surface area (Å²) in [5.74, 6) is 0.684.